The van der Waals surface area contributed by atoms with Crippen molar-refractivity contribution < 1.29 is 18.0 Å². The van der Waals surface area contributed by atoms with E-state index < -0.39 is 10.0 Å². The topological polar surface area (TPSA) is 74.8 Å². The number of rotatable bonds is 3. The molecule has 0 aromatic heterocycles. The molecule has 3 rings (SSSR count). The smallest absolute Gasteiger partial charge is 0.243 e. The molecule has 0 atom stereocenters. The number of likely N-dealkylation sites (tertiary alicyclic amines) is 1. The fourth-order valence-corrected chi connectivity index (χ4v) is 5.02. The van der Waals surface area contributed by atoms with Crippen molar-refractivity contribution in [1.82, 2.24) is 9.21 Å². The average molecular weight is 336 g/mol. The van der Waals surface area contributed by atoms with Crippen LogP contribution in [-0.2, 0) is 19.6 Å². The van der Waals surface area contributed by atoms with E-state index in [0.717, 1.165) is 5.56 Å². The van der Waals surface area contributed by atoms with Crippen LogP contribution in [0.25, 0.3) is 0 Å². The number of amides is 2. The molecule has 0 aliphatic carbocycles. The number of carbonyl (C=O) groups excluding carboxylic acids is 2. The molecule has 2 heterocycles. The summed E-state index contributed by atoms with van der Waals surface area (Å²) in [5.74, 6) is -0.259. The maximum Gasteiger partial charge on any atom is 0.243 e. The summed E-state index contributed by atoms with van der Waals surface area (Å²) in [7, 11) is -3.52. The van der Waals surface area contributed by atoms with Gasteiger partial charge in [0.05, 0.1) is 4.90 Å². The molecule has 7 heteroatoms. The second-order valence-corrected chi connectivity index (χ2v) is 7.96. The van der Waals surface area contributed by atoms with Crippen molar-refractivity contribution in [2.75, 3.05) is 13.1 Å². The van der Waals surface area contributed by atoms with Gasteiger partial charge >= 0.3 is 0 Å². The zero-order valence-corrected chi connectivity index (χ0v) is 13.9. The van der Waals surface area contributed by atoms with E-state index in [1.165, 1.54) is 9.21 Å². The average Bonchev–Trinajstić information content (AvgIpc) is 2.86. The minimum Gasteiger partial charge on any atom is -0.279 e. The summed E-state index contributed by atoms with van der Waals surface area (Å²) in [5.41, 5.74) is 0.722. The van der Waals surface area contributed by atoms with Crippen LogP contribution in [-0.4, -0.2) is 48.6 Å². The third kappa shape index (κ3) is 2.90. The molecule has 0 bridgehead atoms. The van der Waals surface area contributed by atoms with Gasteiger partial charge in [0.2, 0.25) is 21.8 Å². The minimum absolute atomic E-state index is 0.129. The van der Waals surface area contributed by atoms with Crippen molar-refractivity contribution >= 4 is 21.8 Å². The van der Waals surface area contributed by atoms with E-state index in [1.54, 1.807) is 25.1 Å². The molecule has 2 aliphatic heterocycles. The van der Waals surface area contributed by atoms with Gasteiger partial charge < -0.3 is 0 Å². The van der Waals surface area contributed by atoms with Gasteiger partial charge in [-0.15, -0.1) is 0 Å². The lowest BCUT2D eigenvalue weighted by atomic mass is 10.1. The van der Waals surface area contributed by atoms with Gasteiger partial charge in [0.1, 0.15) is 0 Å². The van der Waals surface area contributed by atoms with Gasteiger partial charge in [-0.25, -0.2) is 8.42 Å². The molecule has 0 unspecified atom stereocenters. The van der Waals surface area contributed by atoms with Gasteiger partial charge in [0, 0.05) is 32.0 Å². The lowest BCUT2D eigenvalue weighted by Crippen LogP contribution is -2.48. The predicted molar refractivity (Wildman–Crippen MR) is 84.0 cm³/mol. The summed E-state index contributed by atoms with van der Waals surface area (Å²) in [6.45, 7) is 2.44. The minimum atomic E-state index is -3.52. The molecule has 1 aromatic rings. The molecule has 0 spiro atoms. The van der Waals surface area contributed by atoms with Crippen molar-refractivity contribution in [3.05, 3.63) is 29.8 Å². The molecule has 0 N–H and O–H groups in total. The maximum atomic E-state index is 12.7. The van der Waals surface area contributed by atoms with Crippen LogP contribution in [0.4, 0.5) is 0 Å². The second-order valence-electron chi connectivity index (χ2n) is 6.06. The third-order valence-corrected chi connectivity index (χ3v) is 6.65. The Labute approximate surface area is 136 Å². The Balaban J connectivity index is 1.73. The molecule has 2 aliphatic rings. The number of hydrogen-bond donors (Lipinski definition) is 0. The number of carbonyl (C=O) groups is 2. The quantitative estimate of drug-likeness (QED) is 0.780. The van der Waals surface area contributed by atoms with E-state index in [2.05, 4.69) is 0 Å². The molecular weight excluding hydrogens is 316 g/mol. The van der Waals surface area contributed by atoms with Crippen LogP contribution in [0.3, 0.4) is 0 Å². The van der Waals surface area contributed by atoms with Gasteiger partial charge in [-0.1, -0.05) is 18.2 Å². The number of sulfonamides is 1. The highest BCUT2D eigenvalue weighted by Gasteiger charge is 2.38. The lowest BCUT2D eigenvalue weighted by Gasteiger charge is -2.35. The molecule has 2 saturated heterocycles. The number of piperidine rings is 1. The second kappa shape index (κ2) is 6.05. The molecule has 1 aromatic carbocycles. The van der Waals surface area contributed by atoms with Crippen molar-refractivity contribution in [2.24, 2.45) is 0 Å². The fourth-order valence-electron chi connectivity index (χ4n) is 3.33. The van der Waals surface area contributed by atoms with Gasteiger partial charge in [-0.3, -0.25) is 14.5 Å². The summed E-state index contributed by atoms with van der Waals surface area (Å²) in [5, 5.41) is 0. The first-order chi connectivity index (χ1) is 10.9. The molecule has 0 radical (unpaired) electrons. The Kier molecular flexibility index (Phi) is 4.25. The Morgan fingerprint density at radius 3 is 2.13 bits per heavy atom. The van der Waals surface area contributed by atoms with E-state index >= 15 is 0 Å². The monoisotopic (exact) mass is 336 g/mol. The summed E-state index contributed by atoms with van der Waals surface area (Å²) in [6.07, 6.45) is 1.56. The van der Waals surface area contributed by atoms with E-state index in [1.807, 2.05) is 6.07 Å². The number of aryl methyl sites for hydroxylation is 1. The van der Waals surface area contributed by atoms with Gasteiger partial charge in [-0.05, 0) is 31.4 Å². The van der Waals surface area contributed by atoms with Crippen LogP contribution in [0.5, 0.6) is 0 Å². The van der Waals surface area contributed by atoms with Crippen LogP contribution >= 0.6 is 0 Å². The Hall–Kier alpha value is -1.73. The molecule has 23 heavy (non-hydrogen) atoms. The third-order valence-electron chi connectivity index (χ3n) is 4.59. The molecule has 2 fully saturated rings. The van der Waals surface area contributed by atoms with E-state index in [9.17, 15) is 18.0 Å². The van der Waals surface area contributed by atoms with Crippen LogP contribution in [0.15, 0.2) is 29.2 Å². The van der Waals surface area contributed by atoms with Crippen LogP contribution in [0, 0.1) is 6.92 Å². The zero-order chi connectivity index (χ0) is 16.6. The summed E-state index contributed by atoms with van der Waals surface area (Å²) < 4.78 is 26.9. The number of nitrogens with zero attached hydrogens (tertiary/aromatic N) is 2. The van der Waals surface area contributed by atoms with Crippen molar-refractivity contribution in [3.8, 4) is 0 Å². The van der Waals surface area contributed by atoms with E-state index in [0.29, 0.717) is 30.8 Å². The standard InChI is InChI=1S/C16H20N2O4S/c1-12-4-2-3-5-14(12)23(21,22)17-10-8-13(9-11-17)18-15(19)6-7-16(18)20/h2-5,13H,6-11H2,1H3. The van der Waals surface area contributed by atoms with Crippen LogP contribution in [0.1, 0.15) is 31.2 Å². The van der Waals surface area contributed by atoms with Crippen molar-refractivity contribution in [2.45, 2.75) is 43.5 Å². The molecule has 0 saturated carbocycles. The zero-order valence-electron chi connectivity index (χ0n) is 13.1. The molecule has 6 nitrogen and oxygen atoms in total. The van der Waals surface area contributed by atoms with Crippen molar-refractivity contribution in [3.63, 3.8) is 0 Å². The van der Waals surface area contributed by atoms with E-state index in [4.69, 9.17) is 0 Å². The molecular formula is C16H20N2O4S. The Bertz CT molecular complexity index is 720. The molecule has 124 valence electrons. The summed E-state index contributed by atoms with van der Waals surface area (Å²) in [6, 6.07) is 6.76. The highest BCUT2D eigenvalue weighted by molar-refractivity contribution is 7.89. The Morgan fingerprint density at radius 1 is 1.00 bits per heavy atom. The first-order valence-corrected chi connectivity index (χ1v) is 9.26. The van der Waals surface area contributed by atoms with Gasteiger partial charge in [0.15, 0.2) is 0 Å². The Morgan fingerprint density at radius 2 is 1.57 bits per heavy atom. The number of hydrogen-bond acceptors (Lipinski definition) is 4. The molecule has 2 amide bonds. The van der Waals surface area contributed by atoms with Crippen LogP contribution < -0.4 is 0 Å². The maximum absolute atomic E-state index is 12.7. The van der Waals surface area contributed by atoms with Gasteiger partial charge in [0.25, 0.3) is 0 Å². The fraction of sp³-hybridized carbons (Fsp3) is 0.500. The number of imide groups is 1. The first-order valence-electron chi connectivity index (χ1n) is 7.82. The summed E-state index contributed by atoms with van der Waals surface area (Å²) in [4.78, 5) is 25.3. The SMILES string of the molecule is Cc1ccccc1S(=O)(=O)N1CCC(N2C(=O)CCC2=O)CC1. The lowest BCUT2D eigenvalue weighted by molar-refractivity contribution is -0.141. The van der Waals surface area contributed by atoms with E-state index in [-0.39, 0.29) is 30.7 Å². The normalized spacial score (nSPS) is 21.2. The van der Waals surface area contributed by atoms with Crippen LogP contribution in [0.2, 0.25) is 0 Å². The number of benzene rings is 1. The summed E-state index contributed by atoms with van der Waals surface area (Å²) >= 11 is 0. The van der Waals surface area contributed by atoms with Gasteiger partial charge in [-0.2, -0.15) is 4.31 Å². The highest BCUT2D eigenvalue weighted by atomic mass is 32.2. The predicted octanol–water partition coefficient (Wildman–Crippen LogP) is 1.30. The first kappa shape index (κ1) is 16.1. The highest BCUT2D eigenvalue weighted by Crippen LogP contribution is 2.27. The largest absolute Gasteiger partial charge is 0.279 e. The van der Waals surface area contributed by atoms with Crippen molar-refractivity contribution in [1.29, 1.82) is 0 Å².